The van der Waals surface area contributed by atoms with Crippen molar-refractivity contribution in [3.63, 3.8) is 0 Å². The maximum Gasteiger partial charge on any atom is 0.490 e. The maximum atomic E-state index is 12.4. The van der Waals surface area contributed by atoms with E-state index in [2.05, 4.69) is 32.4 Å². The number of rotatable bonds is 4. The first-order chi connectivity index (χ1) is 15.1. The van der Waals surface area contributed by atoms with Gasteiger partial charge in [-0.05, 0) is 37.7 Å². The first-order valence-corrected chi connectivity index (χ1v) is 9.47. The zero-order valence-corrected chi connectivity index (χ0v) is 16.9. The molecule has 1 atom stereocenters. The molecular formula is C20H20F3N5O4. The van der Waals surface area contributed by atoms with E-state index in [-0.39, 0.29) is 12.0 Å². The fourth-order valence-electron chi connectivity index (χ4n) is 2.97. The lowest BCUT2D eigenvalue weighted by molar-refractivity contribution is -0.192. The van der Waals surface area contributed by atoms with E-state index in [0.717, 1.165) is 30.4 Å². The van der Waals surface area contributed by atoms with Crippen molar-refractivity contribution in [1.82, 2.24) is 20.1 Å². The first-order valence-electron chi connectivity index (χ1n) is 9.47. The van der Waals surface area contributed by atoms with Crippen molar-refractivity contribution in [2.45, 2.75) is 18.7 Å². The van der Waals surface area contributed by atoms with Gasteiger partial charge in [0.15, 0.2) is 0 Å². The standard InChI is InChI=1S/C18H19N5O2.C2HF3O2/c1-23-7-6-15(11-23)25-17-5-2-12(9-19-17)18(24)21-14-3-4-16-13(8-14)10-20-22-16;3-2(4,5)1(6)7/h2-5,8-10,15H,6-7,11H2,1H3,(H,20,22)(H,21,24);(H,6,7)/t15-;/m0./s1. The number of benzene rings is 1. The van der Waals surface area contributed by atoms with Gasteiger partial charge in [0.1, 0.15) is 6.10 Å². The van der Waals surface area contributed by atoms with Crippen molar-refractivity contribution in [2.24, 2.45) is 0 Å². The number of ether oxygens (including phenoxy) is 1. The van der Waals surface area contributed by atoms with E-state index in [1.54, 1.807) is 24.5 Å². The number of aromatic amines is 1. The van der Waals surface area contributed by atoms with Crippen molar-refractivity contribution in [1.29, 1.82) is 0 Å². The second-order valence-corrected chi connectivity index (χ2v) is 7.10. The molecule has 0 unspecified atom stereocenters. The average molecular weight is 451 g/mol. The fourth-order valence-corrected chi connectivity index (χ4v) is 2.97. The molecule has 1 amide bonds. The van der Waals surface area contributed by atoms with E-state index in [4.69, 9.17) is 14.6 Å². The van der Waals surface area contributed by atoms with Crippen molar-refractivity contribution in [3.8, 4) is 5.88 Å². The van der Waals surface area contributed by atoms with Crippen LogP contribution in [0.2, 0.25) is 0 Å². The lowest BCUT2D eigenvalue weighted by atomic mass is 10.2. The molecule has 1 fully saturated rings. The molecule has 170 valence electrons. The van der Waals surface area contributed by atoms with Crippen LogP contribution < -0.4 is 10.1 Å². The number of aromatic nitrogens is 3. The zero-order chi connectivity index (χ0) is 23.3. The van der Waals surface area contributed by atoms with Crippen LogP contribution in [0.5, 0.6) is 5.88 Å². The van der Waals surface area contributed by atoms with E-state index >= 15 is 0 Å². The Balaban J connectivity index is 0.000000360. The Morgan fingerprint density at radius 3 is 2.59 bits per heavy atom. The number of amides is 1. The molecule has 3 heterocycles. The van der Waals surface area contributed by atoms with Gasteiger partial charge in [0.2, 0.25) is 5.88 Å². The number of pyridine rings is 1. The molecule has 0 aliphatic carbocycles. The van der Waals surface area contributed by atoms with Crippen LogP contribution in [0.15, 0.2) is 42.7 Å². The normalized spacial score (nSPS) is 16.3. The summed E-state index contributed by atoms with van der Waals surface area (Å²) >= 11 is 0. The van der Waals surface area contributed by atoms with Gasteiger partial charge in [-0.15, -0.1) is 0 Å². The summed E-state index contributed by atoms with van der Waals surface area (Å²) in [5.74, 6) is -2.41. The van der Waals surface area contributed by atoms with E-state index in [0.29, 0.717) is 17.1 Å². The quantitative estimate of drug-likeness (QED) is 0.558. The second kappa shape index (κ2) is 9.64. The SMILES string of the molecule is CN1CC[C@H](Oc2ccc(C(=O)Nc3ccc4[nH]ncc4c3)cn2)C1.O=C(O)C(F)(F)F. The summed E-state index contributed by atoms with van der Waals surface area (Å²) in [6, 6.07) is 9.06. The van der Waals surface area contributed by atoms with Gasteiger partial charge in [-0.1, -0.05) is 0 Å². The second-order valence-electron chi connectivity index (χ2n) is 7.10. The zero-order valence-electron chi connectivity index (χ0n) is 16.9. The predicted molar refractivity (Wildman–Crippen MR) is 109 cm³/mol. The highest BCUT2D eigenvalue weighted by molar-refractivity contribution is 6.04. The summed E-state index contributed by atoms with van der Waals surface area (Å²) in [7, 11) is 2.07. The van der Waals surface area contributed by atoms with Gasteiger partial charge in [-0.2, -0.15) is 18.3 Å². The molecule has 0 spiro atoms. The highest BCUT2D eigenvalue weighted by Gasteiger charge is 2.38. The Morgan fingerprint density at radius 2 is 2.00 bits per heavy atom. The number of nitrogens with zero attached hydrogens (tertiary/aromatic N) is 3. The molecule has 2 aromatic heterocycles. The summed E-state index contributed by atoms with van der Waals surface area (Å²) in [5.41, 5.74) is 2.13. The lowest BCUT2D eigenvalue weighted by Crippen LogP contribution is -2.21. The molecule has 3 N–H and O–H groups in total. The monoisotopic (exact) mass is 451 g/mol. The van der Waals surface area contributed by atoms with E-state index < -0.39 is 12.1 Å². The molecule has 12 heteroatoms. The van der Waals surface area contributed by atoms with Crippen molar-refractivity contribution in [3.05, 3.63) is 48.3 Å². The number of likely N-dealkylation sites (tertiary alicyclic amines) is 1. The molecule has 0 radical (unpaired) electrons. The minimum absolute atomic E-state index is 0.166. The smallest absolute Gasteiger partial charge is 0.475 e. The number of halogens is 3. The molecule has 4 rings (SSSR count). The highest BCUT2D eigenvalue weighted by atomic mass is 19.4. The minimum atomic E-state index is -5.08. The number of carboxylic acid groups (broad SMARTS) is 1. The Hall–Kier alpha value is -3.67. The number of carbonyl (C=O) groups excluding carboxylic acids is 1. The van der Waals surface area contributed by atoms with Gasteiger partial charge < -0.3 is 20.1 Å². The number of H-pyrrole nitrogens is 1. The van der Waals surface area contributed by atoms with E-state index in [1.165, 1.54) is 0 Å². The number of hydrogen-bond acceptors (Lipinski definition) is 6. The van der Waals surface area contributed by atoms with Crippen LogP contribution in [0, 0.1) is 0 Å². The van der Waals surface area contributed by atoms with Crippen LogP contribution in [0.1, 0.15) is 16.8 Å². The third-order valence-electron chi connectivity index (χ3n) is 4.57. The van der Waals surface area contributed by atoms with E-state index in [1.807, 2.05) is 18.2 Å². The van der Waals surface area contributed by atoms with Crippen LogP contribution in [0.25, 0.3) is 10.9 Å². The number of anilines is 1. The lowest BCUT2D eigenvalue weighted by Gasteiger charge is -2.13. The molecule has 0 saturated carbocycles. The van der Waals surface area contributed by atoms with Crippen molar-refractivity contribution >= 4 is 28.5 Å². The minimum Gasteiger partial charge on any atom is -0.475 e. The number of hydrogen-bond donors (Lipinski definition) is 3. The third-order valence-corrected chi connectivity index (χ3v) is 4.57. The van der Waals surface area contributed by atoms with Crippen LogP contribution >= 0.6 is 0 Å². The summed E-state index contributed by atoms with van der Waals surface area (Å²) in [5, 5.41) is 17.8. The fraction of sp³-hybridized carbons (Fsp3) is 0.300. The van der Waals surface area contributed by atoms with Gasteiger partial charge in [-0.3, -0.25) is 9.89 Å². The number of carbonyl (C=O) groups is 2. The van der Waals surface area contributed by atoms with Crippen LogP contribution in [0.3, 0.4) is 0 Å². The molecule has 1 aliphatic rings. The van der Waals surface area contributed by atoms with Crippen LogP contribution in [-0.2, 0) is 4.79 Å². The predicted octanol–water partition coefficient (Wildman–Crippen LogP) is 2.93. The topological polar surface area (TPSA) is 120 Å². The Labute approximate surface area is 180 Å². The molecular weight excluding hydrogens is 431 g/mol. The van der Waals surface area contributed by atoms with Gasteiger partial charge in [0.05, 0.1) is 17.3 Å². The Kier molecular flexibility index (Phi) is 6.93. The third kappa shape index (κ3) is 6.17. The molecule has 9 nitrogen and oxygen atoms in total. The summed E-state index contributed by atoms with van der Waals surface area (Å²) < 4.78 is 37.6. The van der Waals surface area contributed by atoms with E-state index in [9.17, 15) is 18.0 Å². The summed E-state index contributed by atoms with van der Waals surface area (Å²) in [6.07, 6.45) is -0.658. The van der Waals surface area contributed by atoms with Gasteiger partial charge >= 0.3 is 12.1 Å². The average Bonchev–Trinajstić information content (AvgIpc) is 3.36. The first kappa shape index (κ1) is 23.0. The molecule has 0 bridgehead atoms. The molecule has 3 aromatic rings. The van der Waals surface area contributed by atoms with Crippen molar-refractivity contribution < 1.29 is 32.6 Å². The summed E-state index contributed by atoms with van der Waals surface area (Å²) in [4.78, 5) is 27.7. The molecule has 1 aromatic carbocycles. The maximum absolute atomic E-state index is 12.4. The Morgan fingerprint density at radius 1 is 1.25 bits per heavy atom. The van der Waals surface area contributed by atoms with Gasteiger partial charge in [0.25, 0.3) is 5.91 Å². The van der Waals surface area contributed by atoms with Gasteiger partial charge in [-0.25, -0.2) is 9.78 Å². The molecule has 32 heavy (non-hydrogen) atoms. The number of alkyl halides is 3. The number of likely N-dealkylation sites (N-methyl/N-ethyl adjacent to an activating group) is 1. The molecule has 1 saturated heterocycles. The van der Waals surface area contributed by atoms with Crippen LogP contribution in [-0.4, -0.2) is 69.5 Å². The van der Waals surface area contributed by atoms with Gasteiger partial charge in [0, 0.05) is 36.4 Å². The molecule has 1 aliphatic heterocycles. The number of nitrogens with one attached hydrogen (secondary N) is 2. The Bertz CT molecular complexity index is 1080. The number of fused-ring (bicyclic) bond motifs is 1. The van der Waals surface area contributed by atoms with Crippen molar-refractivity contribution in [2.75, 3.05) is 25.5 Å². The number of carboxylic acids is 1. The van der Waals surface area contributed by atoms with Crippen LogP contribution in [0.4, 0.5) is 18.9 Å². The highest BCUT2D eigenvalue weighted by Crippen LogP contribution is 2.19. The summed E-state index contributed by atoms with van der Waals surface area (Å²) in [6.45, 7) is 1.94. The largest absolute Gasteiger partial charge is 0.490 e. The number of aliphatic carboxylic acids is 1.